The standard InChI is InChI=1S/C22H28Cl2N6/c1-3-28-8-4-5-16(14-28)26-20-11-15(2)12-21(27-20)30-10-9-29(22(30)25)17-6-7-18(23)19(24)13-17/h6-7,11-13,16,25H,3-5,8-10,14H2,1-2H3,(H,26,27). The lowest BCUT2D eigenvalue weighted by atomic mass is 10.1. The number of piperidine rings is 1. The second kappa shape index (κ2) is 9.00. The van der Waals surface area contributed by atoms with Crippen molar-refractivity contribution in [1.82, 2.24) is 9.88 Å². The molecule has 0 amide bonds. The fourth-order valence-electron chi connectivity index (χ4n) is 4.22. The van der Waals surface area contributed by atoms with Crippen LogP contribution in [0.3, 0.4) is 0 Å². The number of guanidine groups is 1. The Balaban J connectivity index is 1.51. The molecule has 1 atom stereocenters. The molecule has 4 rings (SSSR count). The minimum atomic E-state index is 0.396. The van der Waals surface area contributed by atoms with Crippen molar-refractivity contribution in [3.05, 3.63) is 45.9 Å². The van der Waals surface area contributed by atoms with Gasteiger partial charge < -0.3 is 15.1 Å². The Hall–Kier alpha value is -2.02. The van der Waals surface area contributed by atoms with Crippen molar-refractivity contribution in [2.45, 2.75) is 32.7 Å². The Morgan fingerprint density at radius 2 is 1.90 bits per heavy atom. The predicted octanol–water partition coefficient (Wildman–Crippen LogP) is 4.85. The molecule has 0 saturated carbocycles. The number of rotatable bonds is 5. The van der Waals surface area contributed by atoms with Gasteiger partial charge in [0, 0.05) is 31.4 Å². The molecule has 0 bridgehead atoms. The van der Waals surface area contributed by atoms with Crippen molar-refractivity contribution in [2.24, 2.45) is 0 Å². The first-order chi connectivity index (χ1) is 14.4. The zero-order valence-corrected chi connectivity index (χ0v) is 19.0. The van der Waals surface area contributed by atoms with E-state index in [1.807, 2.05) is 21.9 Å². The summed E-state index contributed by atoms with van der Waals surface area (Å²) in [5, 5.41) is 13.4. The first-order valence-corrected chi connectivity index (χ1v) is 11.3. The summed E-state index contributed by atoms with van der Waals surface area (Å²) < 4.78 is 0. The third kappa shape index (κ3) is 4.51. The number of halogens is 2. The molecule has 0 spiro atoms. The summed E-state index contributed by atoms with van der Waals surface area (Å²) in [6.45, 7) is 8.99. The van der Waals surface area contributed by atoms with Gasteiger partial charge in [-0.25, -0.2) is 4.98 Å². The van der Waals surface area contributed by atoms with Gasteiger partial charge in [0.1, 0.15) is 11.6 Å². The number of hydrogen-bond acceptors (Lipinski definition) is 4. The minimum absolute atomic E-state index is 0.396. The number of hydrogen-bond donors (Lipinski definition) is 2. The van der Waals surface area contributed by atoms with Crippen LogP contribution in [0.25, 0.3) is 0 Å². The zero-order chi connectivity index (χ0) is 21.3. The minimum Gasteiger partial charge on any atom is -0.366 e. The Kier molecular flexibility index (Phi) is 6.37. The molecule has 0 aliphatic carbocycles. The van der Waals surface area contributed by atoms with Gasteiger partial charge in [-0.1, -0.05) is 30.1 Å². The summed E-state index contributed by atoms with van der Waals surface area (Å²) in [5.41, 5.74) is 2.00. The molecule has 2 N–H and O–H groups in total. The molecule has 2 fully saturated rings. The van der Waals surface area contributed by atoms with E-state index in [2.05, 4.69) is 30.1 Å². The summed E-state index contributed by atoms with van der Waals surface area (Å²) in [6, 6.07) is 10.0. The first-order valence-electron chi connectivity index (χ1n) is 10.5. The summed E-state index contributed by atoms with van der Waals surface area (Å²) >= 11 is 12.2. The van der Waals surface area contributed by atoms with Gasteiger partial charge >= 0.3 is 0 Å². The van der Waals surface area contributed by atoms with Gasteiger partial charge in [0.25, 0.3) is 0 Å². The third-order valence-electron chi connectivity index (χ3n) is 5.81. The lowest BCUT2D eigenvalue weighted by Crippen LogP contribution is -2.42. The van der Waals surface area contributed by atoms with E-state index in [0.717, 1.165) is 42.4 Å². The van der Waals surface area contributed by atoms with Crippen LogP contribution in [0.2, 0.25) is 10.0 Å². The molecule has 1 aromatic carbocycles. The van der Waals surface area contributed by atoms with Crippen LogP contribution in [-0.4, -0.2) is 54.6 Å². The number of aromatic nitrogens is 1. The topological polar surface area (TPSA) is 58.5 Å². The number of likely N-dealkylation sites (tertiary alicyclic amines) is 1. The second-order valence-corrected chi connectivity index (χ2v) is 8.80. The van der Waals surface area contributed by atoms with E-state index in [4.69, 9.17) is 33.6 Å². The van der Waals surface area contributed by atoms with Crippen LogP contribution in [0, 0.1) is 12.3 Å². The Bertz CT molecular complexity index is 934. The van der Waals surface area contributed by atoms with Crippen LogP contribution in [0.1, 0.15) is 25.3 Å². The number of nitrogens with zero attached hydrogens (tertiary/aromatic N) is 4. The van der Waals surface area contributed by atoms with Crippen LogP contribution in [0.5, 0.6) is 0 Å². The largest absolute Gasteiger partial charge is 0.366 e. The number of pyridine rings is 1. The average Bonchev–Trinajstić information content (AvgIpc) is 3.11. The fourth-order valence-corrected chi connectivity index (χ4v) is 4.51. The lowest BCUT2D eigenvalue weighted by molar-refractivity contribution is 0.226. The molecule has 3 heterocycles. The number of likely N-dealkylation sites (N-methyl/N-ethyl adjacent to an activating group) is 1. The van der Waals surface area contributed by atoms with Crippen LogP contribution in [-0.2, 0) is 0 Å². The molecule has 2 saturated heterocycles. The predicted molar refractivity (Wildman–Crippen MR) is 127 cm³/mol. The smallest absolute Gasteiger partial charge is 0.204 e. The molecule has 8 heteroatoms. The zero-order valence-electron chi connectivity index (χ0n) is 17.5. The molecule has 160 valence electrons. The molecule has 0 radical (unpaired) electrons. The van der Waals surface area contributed by atoms with Crippen LogP contribution < -0.4 is 15.1 Å². The van der Waals surface area contributed by atoms with E-state index in [0.29, 0.717) is 35.1 Å². The maximum Gasteiger partial charge on any atom is 0.204 e. The molecule has 2 aliphatic heterocycles. The highest BCUT2D eigenvalue weighted by molar-refractivity contribution is 6.42. The maximum atomic E-state index is 8.72. The van der Waals surface area contributed by atoms with Crippen molar-refractivity contribution >= 4 is 46.5 Å². The summed E-state index contributed by atoms with van der Waals surface area (Å²) in [4.78, 5) is 11.2. The number of nitrogens with one attached hydrogen (secondary N) is 2. The van der Waals surface area contributed by atoms with Gasteiger partial charge in [-0.2, -0.15) is 0 Å². The Labute approximate surface area is 188 Å². The monoisotopic (exact) mass is 446 g/mol. The average molecular weight is 447 g/mol. The Morgan fingerprint density at radius 1 is 1.10 bits per heavy atom. The first kappa shape index (κ1) is 21.2. The highest BCUT2D eigenvalue weighted by atomic mass is 35.5. The van der Waals surface area contributed by atoms with Gasteiger partial charge in [-0.3, -0.25) is 10.3 Å². The van der Waals surface area contributed by atoms with Crippen molar-refractivity contribution in [3.63, 3.8) is 0 Å². The van der Waals surface area contributed by atoms with E-state index in [9.17, 15) is 0 Å². The van der Waals surface area contributed by atoms with Crippen LogP contribution in [0.4, 0.5) is 17.3 Å². The lowest BCUT2D eigenvalue weighted by Gasteiger charge is -2.32. The van der Waals surface area contributed by atoms with Gasteiger partial charge in [0.15, 0.2) is 0 Å². The second-order valence-electron chi connectivity index (χ2n) is 7.99. The molecular weight excluding hydrogens is 419 g/mol. The maximum absolute atomic E-state index is 8.72. The molecule has 6 nitrogen and oxygen atoms in total. The summed E-state index contributed by atoms with van der Waals surface area (Å²) in [6.07, 6.45) is 2.37. The highest BCUT2D eigenvalue weighted by Gasteiger charge is 2.29. The van der Waals surface area contributed by atoms with Crippen LogP contribution >= 0.6 is 23.2 Å². The quantitative estimate of drug-likeness (QED) is 0.686. The molecule has 1 aromatic heterocycles. The molecule has 1 unspecified atom stereocenters. The van der Waals surface area contributed by atoms with E-state index >= 15 is 0 Å². The van der Waals surface area contributed by atoms with Gasteiger partial charge in [-0.15, -0.1) is 0 Å². The Morgan fingerprint density at radius 3 is 2.67 bits per heavy atom. The van der Waals surface area contributed by atoms with Crippen molar-refractivity contribution < 1.29 is 0 Å². The van der Waals surface area contributed by atoms with E-state index in [1.54, 1.807) is 12.1 Å². The van der Waals surface area contributed by atoms with Gasteiger partial charge in [0.2, 0.25) is 5.96 Å². The van der Waals surface area contributed by atoms with E-state index < -0.39 is 0 Å². The number of aryl methyl sites for hydroxylation is 1. The van der Waals surface area contributed by atoms with Gasteiger partial charge in [-0.05, 0) is 68.8 Å². The number of anilines is 3. The third-order valence-corrected chi connectivity index (χ3v) is 6.55. The van der Waals surface area contributed by atoms with Crippen molar-refractivity contribution in [1.29, 1.82) is 5.41 Å². The normalized spacial score (nSPS) is 20.1. The molecule has 2 aromatic rings. The SMILES string of the molecule is CCN1CCCC(Nc2cc(C)cc(N3CCN(c4ccc(Cl)c(Cl)c4)C3=N)n2)C1. The van der Waals surface area contributed by atoms with Crippen LogP contribution in [0.15, 0.2) is 30.3 Å². The summed E-state index contributed by atoms with van der Waals surface area (Å²) in [7, 11) is 0. The fraction of sp³-hybridized carbons (Fsp3) is 0.455. The summed E-state index contributed by atoms with van der Waals surface area (Å²) in [5.74, 6) is 2.08. The van der Waals surface area contributed by atoms with Gasteiger partial charge in [0.05, 0.1) is 10.0 Å². The van der Waals surface area contributed by atoms with E-state index in [1.165, 1.54) is 13.0 Å². The van der Waals surface area contributed by atoms with E-state index in [-0.39, 0.29) is 0 Å². The highest BCUT2D eigenvalue weighted by Crippen LogP contribution is 2.30. The van der Waals surface area contributed by atoms with Crippen molar-refractivity contribution in [3.8, 4) is 0 Å². The molecular formula is C22H28Cl2N6. The van der Waals surface area contributed by atoms with Crippen molar-refractivity contribution in [2.75, 3.05) is 47.8 Å². The molecule has 30 heavy (non-hydrogen) atoms. The number of benzene rings is 1. The molecule has 2 aliphatic rings.